The van der Waals surface area contributed by atoms with Crippen LogP contribution in [0, 0.1) is 0 Å². The van der Waals surface area contributed by atoms with Crippen LogP contribution < -0.4 is 0 Å². The number of hydrogen-bond acceptors (Lipinski definition) is 3. The van der Waals surface area contributed by atoms with Crippen molar-refractivity contribution >= 4 is 0 Å². The van der Waals surface area contributed by atoms with E-state index in [9.17, 15) is 0 Å². The van der Waals surface area contributed by atoms with Gasteiger partial charge in [0.15, 0.2) is 0 Å². The number of imidazole rings is 1. The van der Waals surface area contributed by atoms with Crippen LogP contribution in [0.1, 0.15) is 24.1 Å². The molecule has 1 aliphatic rings. The van der Waals surface area contributed by atoms with Gasteiger partial charge in [0.1, 0.15) is 0 Å². The van der Waals surface area contributed by atoms with Gasteiger partial charge in [-0.2, -0.15) is 0 Å². The molecule has 2 heterocycles. The Balaban J connectivity index is 1.48. The predicted octanol–water partition coefficient (Wildman–Crippen LogP) is 2.52. The Morgan fingerprint density at radius 3 is 2.55 bits per heavy atom. The molecule has 4 heteroatoms. The first-order valence-corrected chi connectivity index (χ1v) is 8.14. The van der Waals surface area contributed by atoms with E-state index in [0.717, 1.165) is 13.1 Å². The molecule has 0 unspecified atom stereocenters. The molecule has 118 valence electrons. The lowest BCUT2D eigenvalue weighted by Crippen LogP contribution is -2.42. The van der Waals surface area contributed by atoms with Crippen LogP contribution >= 0.6 is 0 Å². The first-order valence-electron chi connectivity index (χ1n) is 8.14. The van der Waals surface area contributed by atoms with E-state index >= 15 is 0 Å². The lowest BCUT2D eigenvalue weighted by Gasteiger charge is -2.36. The fraction of sp³-hybridized carbons (Fsp3) is 0.500. The molecule has 0 N–H and O–H groups in total. The van der Waals surface area contributed by atoms with E-state index in [1.54, 1.807) is 0 Å². The van der Waals surface area contributed by atoms with Gasteiger partial charge in [-0.15, -0.1) is 0 Å². The van der Waals surface area contributed by atoms with Gasteiger partial charge in [0.05, 0.1) is 12.0 Å². The number of aromatic nitrogens is 2. The Labute approximate surface area is 133 Å². The third kappa shape index (κ3) is 3.76. The highest BCUT2D eigenvalue weighted by Crippen LogP contribution is 2.19. The number of piperidine rings is 1. The van der Waals surface area contributed by atoms with Crippen LogP contribution in [0.4, 0.5) is 0 Å². The standard InChI is InChI=1S/C18H26N4/c1-20(13-16-6-4-3-5-7-16)17-8-10-22(11-9-17)14-18-12-19-15-21(18)2/h3-7,12,15,17H,8-11,13-14H2,1-2H3. The van der Waals surface area contributed by atoms with Crippen LogP contribution in [-0.2, 0) is 20.1 Å². The van der Waals surface area contributed by atoms with E-state index in [-0.39, 0.29) is 0 Å². The summed E-state index contributed by atoms with van der Waals surface area (Å²) < 4.78 is 2.12. The summed E-state index contributed by atoms with van der Waals surface area (Å²) in [7, 11) is 4.33. The minimum atomic E-state index is 0.697. The quantitative estimate of drug-likeness (QED) is 0.848. The minimum Gasteiger partial charge on any atom is -0.337 e. The third-order valence-electron chi connectivity index (χ3n) is 4.76. The number of aryl methyl sites for hydroxylation is 1. The van der Waals surface area contributed by atoms with Crippen LogP contribution in [0.5, 0.6) is 0 Å². The lowest BCUT2D eigenvalue weighted by molar-refractivity contribution is 0.118. The molecule has 1 aromatic heterocycles. The van der Waals surface area contributed by atoms with Gasteiger partial charge in [0.25, 0.3) is 0 Å². The van der Waals surface area contributed by atoms with Gasteiger partial charge >= 0.3 is 0 Å². The van der Waals surface area contributed by atoms with E-state index < -0.39 is 0 Å². The summed E-state index contributed by atoms with van der Waals surface area (Å²) in [6, 6.07) is 11.5. The van der Waals surface area contributed by atoms with E-state index in [2.05, 4.69) is 63.8 Å². The Hall–Kier alpha value is -1.65. The van der Waals surface area contributed by atoms with Gasteiger partial charge in [-0.3, -0.25) is 9.80 Å². The van der Waals surface area contributed by atoms with Crippen LogP contribution in [0.3, 0.4) is 0 Å². The van der Waals surface area contributed by atoms with Crippen molar-refractivity contribution < 1.29 is 0 Å². The topological polar surface area (TPSA) is 24.3 Å². The third-order valence-corrected chi connectivity index (χ3v) is 4.76. The molecule has 0 atom stereocenters. The highest BCUT2D eigenvalue weighted by atomic mass is 15.2. The average Bonchev–Trinajstić information content (AvgIpc) is 2.94. The van der Waals surface area contributed by atoms with Crippen LogP contribution in [0.2, 0.25) is 0 Å². The van der Waals surface area contributed by atoms with E-state index in [1.165, 1.54) is 37.2 Å². The molecule has 3 rings (SSSR count). The summed E-state index contributed by atoms with van der Waals surface area (Å²) in [5.74, 6) is 0. The summed E-state index contributed by atoms with van der Waals surface area (Å²) in [6.07, 6.45) is 6.37. The second-order valence-corrected chi connectivity index (χ2v) is 6.40. The molecule has 22 heavy (non-hydrogen) atoms. The number of rotatable bonds is 5. The molecule has 1 aliphatic heterocycles. The fourth-order valence-electron chi connectivity index (χ4n) is 3.28. The largest absolute Gasteiger partial charge is 0.337 e. The molecule has 1 aromatic carbocycles. The smallest absolute Gasteiger partial charge is 0.0945 e. The van der Waals surface area contributed by atoms with Crippen molar-refractivity contribution in [3.8, 4) is 0 Å². The molecule has 0 amide bonds. The summed E-state index contributed by atoms with van der Waals surface area (Å²) in [4.78, 5) is 9.26. The van der Waals surface area contributed by atoms with E-state index in [0.29, 0.717) is 6.04 Å². The molecule has 2 aromatic rings. The Kier molecular flexibility index (Phi) is 4.90. The maximum atomic E-state index is 4.21. The summed E-state index contributed by atoms with van der Waals surface area (Å²) in [5.41, 5.74) is 2.71. The first kappa shape index (κ1) is 15.3. The van der Waals surface area contributed by atoms with Gasteiger partial charge in [-0.25, -0.2) is 4.98 Å². The van der Waals surface area contributed by atoms with E-state index in [1.807, 2.05) is 12.5 Å². The normalized spacial score (nSPS) is 17.2. The second kappa shape index (κ2) is 7.07. The van der Waals surface area contributed by atoms with Crippen molar-refractivity contribution in [1.82, 2.24) is 19.4 Å². The van der Waals surface area contributed by atoms with Crippen molar-refractivity contribution in [2.45, 2.75) is 32.0 Å². The molecule has 0 bridgehead atoms. The maximum Gasteiger partial charge on any atom is 0.0945 e. The zero-order valence-electron chi connectivity index (χ0n) is 13.7. The molecule has 0 aliphatic carbocycles. The molecule has 1 saturated heterocycles. The van der Waals surface area contributed by atoms with Crippen LogP contribution in [-0.4, -0.2) is 45.5 Å². The molecular weight excluding hydrogens is 272 g/mol. The maximum absolute atomic E-state index is 4.21. The molecule has 1 fully saturated rings. The Morgan fingerprint density at radius 2 is 1.91 bits per heavy atom. The van der Waals surface area contributed by atoms with Crippen LogP contribution in [0.25, 0.3) is 0 Å². The average molecular weight is 298 g/mol. The van der Waals surface area contributed by atoms with E-state index in [4.69, 9.17) is 0 Å². The van der Waals surface area contributed by atoms with Crippen molar-refractivity contribution in [2.75, 3.05) is 20.1 Å². The zero-order valence-corrected chi connectivity index (χ0v) is 13.7. The lowest BCUT2D eigenvalue weighted by atomic mass is 10.0. The van der Waals surface area contributed by atoms with Crippen molar-refractivity contribution in [2.24, 2.45) is 7.05 Å². The van der Waals surface area contributed by atoms with Gasteiger partial charge in [0.2, 0.25) is 0 Å². The highest BCUT2D eigenvalue weighted by Gasteiger charge is 2.22. The van der Waals surface area contributed by atoms with Crippen LogP contribution in [0.15, 0.2) is 42.9 Å². The minimum absolute atomic E-state index is 0.697. The highest BCUT2D eigenvalue weighted by molar-refractivity contribution is 5.14. The Morgan fingerprint density at radius 1 is 1.18 bits per heavy atom. The summed E-state index contributed by atoms with van der Waals surface area (Å²) >= 11 is 0. The zero-order chi connectivity index (χ0) is 15.4. The summed E-state index contributed by atoms with van der Waals surface area (Å²) in [6.45, 7) is 4.42. The molecule has 4 nitrogen and oxygen atoms in total. The Bertz CT molecular complexity index is 570. The van der Waals surface area contributed by atoms with Crippen molar-refractivity contribution in [3.63, 3.8) is 0 Å². The number of benzene rings is 1. The monoisotopic (exact) mass is 298 g/mol. The number of hydrogen-bond donors (Lipinski definition) is 0. The number of likely N-dealkylation sites (tertiary alicyclic amines) is 1. The SMILES string of the molecule is CN(Cc1ccccc1)C1CCN(Cc2cncn2C)CC1. The predicted molar refractivity (Wildman–Crippen MR) is 89.4 cm³/mol. The molecule has 0 radical (unpaired) electrons. The van der Waals surface area contributed by atoms with Gasteiger partial charge < -0.3 is 4.57 Å². The number of nitrogens with zero attached hydrogens (tertiary/aromatic N) is 4. The van der Waals surface area contributed by atoms with Crippen molar-refractivity contribution in [1.29, 1.82) is 0 Å². The molecule has 0 spiro atoms. The fourth-order valence-corrected chi connectivity index (χ4v) is 3.28. The molecule has 0 saturated carbocycles. The van der Waals surface area contributed by atoms with Gasteiger partial charge in [0, 0.05) is 45.5 Å². The van der Waals surface area contributed by atoms with Gasteiger partial charge in [-0.05, 0) is 25.5 Å². The first-order chi connectivity index (χ1) is 10.7. The second-order valence-electron chi connectivity index (χ2n) is 6.40. The van der Waals surface area contributed by atoms with Gasteiger partial charge in [-0.1, -0.05) is 30.3 Å². The summed E-state index contributed by atoms with van der Waals surface area (Å²) in [5, 5.41) is 0. The van der Waals surface area contributed by atoms with Crippen molar-refractivity contribution in [3.05, 3.63) is 54.1 Å². The molecular formula is C18H26N4.